The maximum atomic E-state index is 12.2. The molecule has 0 bridgehead atoms. The maximum Gasteiger partial charge on any atom is 0.319 e. The lowest BCUT2D eigenvalue weighted by molar-refractivity contribution is -0.147. The summed E-state index contributed by atoms with van der Waals surface area (Å²) < 4.78 is 0. The molecule has 0 saturated carbocycles. The average Bonchev–Trinajstić information content (AvgIpc) is 2.71. The molecule has 6 heteroatoms. The quantitative estimate of drug-likeness (QED) is 0.803. The molecule has 1 rings (SSSR count). The summed E-state index contributed by atoms with van der Waals surface area (Å²) in [6.45, 7) is 4.16. The predicted molar refractivity (Wildman–Crippen MR) is 73.1 cm³/mol. The van der Waals surface area contributed by atoms with Crippen LogP contribution in [0.1, 0.15) is 19.8 Å². The highest BCUT2D eigenvalue weighted by atomic mass is 16.4. The average molecular weight is 271 g/mol. The number of carboxylic acids is 1. The summed E-state index contributed by atoms with van der Waals surface area (Å²) in [6.07, 6.45) is 1.44. The zero-order valence-corrected chi connectivity index (χ0v) is 12.3. The molecule has 1 fully saturated rings. The largest absolute Gasteiger partial charge is 0.481 e. The molecule has 1 unspecified atom stereocenters. The molecule has 1 atom stereocenters. The summed E-state index contributed by atoms with van der Waals surface area (Å²) >= 11 is 0. The SMILES string of the molecule is CN(C)CCCN(C)C(=O)N1CCC(C)(C(=O)O)C1. The van der Waals surface area contributed by atoms with Crippen LogP contribution in [-0.2, 0) is 4.79 Å². The van der Waals surface area contributed by atoms with Crippen molar-refractivity contribution in [3.05, 3.63) is 0 Å². The smallest absolute Gasteiger partial charge is 0.319 e. The van der Waals surface area contributed by atoms with Crippen LogP contribution in [0.3, 0.4) is 0 Å². The molecule has 1 saturated heterocycles. The van der Waals surface area contributed by atoms with Crippen molar-refractivity contribution in [3.63, 3.8) is 0 Å². The van der Waals surface area contributed by atoms with Gasteiger partial charge < -0.3 is 19.8 Å². The summed E-state index contributed by atoms with van der Waals surface area (Å²) in [5, 5.41) is 9.16. The molecule has 1 aliphatic heterocycles. The number of hydrogen-bond donors (Lipinski definition) is 1. The Morgan fingerprint density at radius 1 is 1.26 bits per heavy atom. The molecule has 1 aliphatic rings. The molecule has 1 heterocycles. The highest BCUT2D eigenvalue weighted by Gasteiger charge is 2.42. The summed E-state index contributed by atoms with van der Waals surface area (Å²) in [5.74, 6) is -0.821. The van der Waals surface area contributed by atoms with Gasteiger partial charge in [-0.05, 0) is 40.4 Å². The molecular weight excluding hydrogens is 246 g/mol. The first-order valence-electron chi connectivity index (χ1n) is 6.64. The van der Waals surface area contributed by atoms with Crippen LogP contribution < -0.4 is 0 Å². The van der Waals surface area contributed by atoms with Crippen molar-refractivity contribution in [2.75, 3.05) is 47.3 Å². The number of rotatable bonds is 5. The fourth-order valence-corrected chi connectivity index (χ4v) is 2.26. The van der Waals surface area contributed by atoms with Crippen LogP contribution >= 0.6 is 0 Å². The van der Waals surface area contributed by atoms with Gasteiger partial charge in [0.05, 0.1) is 5.41 Å². The molecule has 19 heavy (non-hydrogen) atoms. The van der Waals surface area contributed by atoms with E-state index in [0.717, 1.165) is 13.0 Å². The summed E-state index contributed by atoms with van der Waals surface area (Å²) in [5.41, 5.74) is -0.792. The van der Waals surface area contributed by atoms with E-state index in [-0.39, 0.29) is 6.03 Å². The zero-order valence-electron chi connectivity index (χ0n) is 12.3. The fraction of sp³-hybridized carbons (Fsp3) is 0.846. The summed E-state index contributed by atoms with van der Waals surface area (Å²) in [6, 6.07) is -0.0660. The molecule has 0 radical (unpaired) electrons. The van der Waals surface area contributed by atoms with E-state index in [4.69, 9.17) is 5.11 Å². The third kappa shape index (κ3) is 4.09. The topological polar surface area (TPSA) is 64.1 Å². The molecular formula is C13H25N3O3. The van der Waals surface area contributed by atoms with E-state index < -0.39 is 11.4 Å². The first kappa shape index (κ1) is 15.8. The van der Waals surface area contributed by atoms with E-state index in [9.17, 15) is 9.59 Å². The molecule has 0 aromatic heterocycles. The van der Waals surface area contributed by atoms with Gasteiger partial charge in [0.2, 0.25) is 0 Å². The summed E-state index contributed by atoms with van der Waals surface area (Å²) in [7, 11) is 5.77. The minimum Gasteiger partial charge on any atom is -0.481 e. The number of amides is 2. The van der Waals surface area contributed by atoms with Crippen molar-refractivity contribution in [1.82, 2.24) is 14.7 Å². The van der Waals surface area contributed by atoms with Crippen LogP contribution in [-0.4, -0.2) is 79.1 Å². The van der Waals surface area contributed by atoms with Crippen LogP contribution in [0.2, 0.25) is 0 Å². The number of urea groups is 1. The van der Waals surface area contributed by atoms with E-state index in [0.29, 0.717) is 26.1 Å². The lowest BCUT2D eigenvalue weighted by atomic mass is 9.90. The normalized spacial score (nSPS) is 22.9. The number of carbonyl (C=O) groups excluding carboxylic acids is 1. The Morgan fingerprint density at radius 2 is 1.89 bits per heavy atom. The van der Waals surface area contributed by atoms with Gasteiger partial charge in [0.1, 0.15) is 0 Å². The Balaban J connectivity index is 2.44. The lowest BCUT2D eigenvalue weighted by Gasteiger charge is -2.26. The maximum absolute atomic E-state index is 12.2. The molecule has 0 aromatic rings. The van der Waals surface area contributed by atoms with Crippen LogP contribution in [0.25, 0.3) is 0 Å². The molecule has 0 spiro atoms. The van der Waals surface area contributed by atoms with Crippen LogP contribution in [0, 0.1) is 5.41 Å². The lowest BCUT2D eigenvalue weighted by Crippen LogP contribution is -2.42. The van der Waals surface area contributed by atoms with Gasteiger partial charge in [-0.25, -0.2) is 4.79 Å². The molecule has 0 aliphatic carbocycles. The summed E-state index contributed by atoms with van der Waals surface area (Å²) in [4.78, 5) is 28.7. The Labute approximate surface area is 115 Å². The third-order valence-corrected chi connectivity index (χ3v) is 3.69. The Bertz CT molecular complexity index is 346. The van der Waals surface area contributed by atoms with Gasteiger partial charge in [-0.1, -0.05) is 0 Å². The fourth-order valence-electron chi connectivity index (χ4n) is 2.26. The number of carbonyl (C=O) groups is 2. The highest BCUT2D eigenvalue weighted by Crippen LogP contribution is 2.30. The number of carboxylic acid groups (broad SMARTS) is 1. The molecule has 6 nitrogen and oxygen atoms in total. The first-order chi connectivity index (χ1) is 8.76. The second-order valence-electron chi connectivity index (χ2n) is 5.90. The Morgan fingerprint density at radius 3 is 2.37 bits per heavy atom. The minimum atomic E-state index is -0.821. The van der Waals surface area contributed by atoms with Gasteiger partial charge in [-0.2, -0.15) is 0 Å². The molecule has 2 amide bonds. The van der Waals surface area contributed by atoms with Crippen molar-refractivity contribution in [3.8, 4) is 0 Å². The van der Waals surface area contributed by atoms with Gasteiger partial charge in [0.25, 0.3) is 0 Å². The highest BCUT2D eigenvalue weighted by molar-refractivity contribution is 5.79. The van der Waals surface area contributed by atoms with E-state index in [2.05, 4.69) is 4.90 Å². The van der Waals surface area contributed by atoms with Gasteiger partial charge in [-0.15, -0.1) is 0 Å². The number of nitrogens with zero attached hydrogens (tertiary/aromatic N) is 3. The Hall–Kier alpha value is -1.30. The molecule has 110 valence electrons. The number of hydrogen-bond acceptors (Lipinski definition) is 3. The molecule has 1 N–H and O–H groups in total. The molecule has 0 aromatic carbocycles. The van der Waals surface area contributed by atoms with Gasteiger partial charge in [0, 0.05) is 26.7 Å². The van der Waals surface area contributed by atoms with E-state index in [1.54, 1.807) is 23.8 Å². The second kappa shape index (κ2) is 6.23. The van der Waals surface area contributed by atoms with Gasteiger partial charge in [-0.3, -0.25) is 4.79 Å². The van der Waals surface area contributed by atoms with Crippen LogP contribution in [0.4, 0.5) is 4.79 Å². The van der Waals surface area contributed by atoms with Crippen molar-refractivity contribution in [2.45, 2.75) is 19.8 Å². The van der Waals surface area contributed by atoms with Crippen LogP contribution in [0.5, 0.6) is 0 Å². The van der Waals surface area contributed by atoms with Crippen molar-refractivity contribution >= 4 is 12.0 Å². The minimum absolute atomic E-state index is 0.0660. The van der Waals surface area contributed by atoms with E-state index in [1.807, 2.05) is 14.1 Å². The monoisotopic (exact) mass is 271 g/mol. The van der Waals surface area contributed by atoms with Crippen molar-refractivity contribution in [1.29, 1.82) is 0 Å². The standard InChI is InChI=1S/C13H25N3O3/c1-13(11(17)18)6-9-16(10-13)12(19)15(4)8-5-7-14(2)3/h5-10H2,1-4H3,(H,17,18). The van der Waals surface area contributed by atoms with Gasteiger partial charge >= 0.3 is 12.0 Å². The Kier molecular flexibility index (Phi) is 5.17. The van der Waals surface area contributed by atoms with E-state index >= 15 is 0 Å². The van der Waals surface area contributed by atoms with Crippen molar-refractivity contribution < 1.29 is 14.7 Å². The van der Waals surface area contributed by atoms with E-state index in [1.165, 1.54) is 0 Å². The van der Waals surface area contributed by atoms with Crippen LogP contribution in [0.15, 0.2) is 0 Å². The first-order valence-corrected chi connectivity index (χ1v) is 6.64. The zero-order chi connectivity index (χ0) is 14.6. The third-order valence-electron chi connectivity index (χ3n) is 3.69. The predicted octanol–water partition coefficient (Wildman–Crippen LogP) is 0.786. The second-order valence-corrected chi connectivity index (χ2v) is 5.90. The van der Waals surface area contributed by atoms with Gasteiger partial charge in [0.15, 0.2) is 0 Å². The van der Waals surface area contributed by atoms with Crippen molar-refractivity contribution in [2.24, 2.45) is 5.41 Å². The number of aliphatic carboxylic acids is 1. The number of likely N-dealkylation sites (tertiary alicyclic amines) is 1.